The lowest BCUT2D eigenvalue weighted by atomic mass is 9.83. The Labute approximate surface area is 192 Å². The highest BCUT2D eigenvalue weighted by molar-refractivity contribution is 7.99. The second kappa shape index (κ2) is 10.9. The Morgan fingerprint density at radius 1 is 0.719 bits per heavy atom. The van der Waals surface area contributed by atoms with Gasteiger partial charge >= 0.3 is 5.97 Å². The first-order chi connectivity index (χ1) is 15.7. The molecule has 1 fully saturated rings. The van der Waals surface area contributed by atoms with Gasteiger partial charge < -0.3 is 4.84 Å². The maximum Gasteiger partial charge on any atom is 0.365 e. The van der Waals surface area contributed by atoms with Crippen LogP contribution in [-0.2, 0) is 4.84 Å². The molecule has 0 atom stereocenters. The van der Waals surface area contributed by atoms with Crippen LogP contribution < -0.4 is 0 Å². The normalized spacial score (nSPS) is 14.7. The Hall–Kier alpha value is -3.18. The number of carbonyl (C=O) groups excluding carboxylic acids is 2. The predicted octanol–water partition coefficient (Wildman–Crippen LogP) is 6.81. The van der Waals surface area contributed by atoms with Gasteiger partial charge in [-0.25, -0.2) is 4.79 Å². The molecule has 0 radical (unpaired) electrons. The zero-order valence-electron chi connectivity index (χ0n) is 17.8. The van der Waals surface area contributed by atoms with Crippen LogP contribution >= 0.6 is 11.8 Å². The number of nitrogens with zero attached hydrogens (tertiary/aromatic N) is 1. The quantitative estimate of drug-likeness (QED) is 0.174. The second-order valence-corrected chi connectivity index (χ2v) is 8.97. The molecule has 5 heteroatoms. The highest BCUT2D eigenvalue weighted by atomic mass is 32.2. The molecule has 1 aliphatic carbocycles. The van der Waals surface area contributed by atoms with Gasteiger partial charge in [0, 0.05) is 21.3 Å². The molecule has 0 N–H and O–H groups in total. The number of carbonyl (C=O) groups is 2. The minimum atomic E-state index is -0.554. The van der Waals surface area contributed by atoms with Gasteiger partial charge in [0.2, 0.25) is 5.78 Å². The van der Waals surface area contributed by atoms with E-state index in [0.717, 1.165) is 41.9 Å². The molecule has 3 aromatic carbocycles. The number of rotatable bonds is 7. The van der Waals surface area contributed by atoms with E-state index in [4.69, 9.17) is 4.84 Å². The molecule has 0 unspecified atom stereocenters. The minimum Gasteiger partial charge on any atom is -0.312 e. The van der Waals surface area contributed by atoms with Gasteiger partial charge in [0.1, 0.15) is 5.71 Å². The van der Waals surface area contributed by atoms with E-state index in [1.54, 1.807) is 36.0 Å². The van der Waals surface area contributed by atoms with E-state index in [9.17, 15) is 9.59 Å². The van der Waals surface area contributed by atoms with Crippen LogP contribution in [0, 0.1) is 5.92 Å². The van der Waals surface area contributed by atoms with E-state index in [0.29, 0.717) is 16.8 Å². The zero-order valence-corrected chi connectivity index (χ0v) is 18.6. The second-order valence-electron chi connectivity index (χ2n) is 7.82. The monoisotopic (exact) mass is 443 g/mol. The van der Waals surface area contributed by atoms with Crippen LogP contribution in [0.15, 0.2) is 99.9 Å². The Morgan fingerprint density at radius 3 is 1.97 bits per heavy atom. The highest BCUT2D eigenvalue weighted by Crippen LogP contribution is 2.29. The summed E-state index contributed by atoms with van der Waals surface area (Å²) in [6, 6.07) is 26.3. The molecular formula is C27H25NO3S. The molecule has 4 nitrogen and oxygen atoms in total. The summed E-state index contributed by atoms with van der Waals surface area (Å²) in [5, 5.41) is 4.10. The van der Waals surface area contributed by atoms with Crippen molar-refractivity contribution in [1.29, 1.82) is 0 Å². The highest BCUT2D eigenvalue weighted by Gasteiger charge is 2.27. The number of ketones is 1. The number of oxime groups is 1. The number of hydrogen-bond donors (Lipinski definition) is 0. The smallest absolute Gasteiger partial charge is 0.312 e. The first-order valence-corrected chi connectivity index (χ1v) is 11.7. The molecule has 0 saturated heterocycles. The van der Waals surface area contributed by atoms with Crippen LogP contribution in [0.4, 0.5) is 0 Å². The van der Waals surface area contributed by atoms with Crippen molar-refractivity contribution >= 4 is 29.2 Å². The summed E-state index contributed by atoms with van der Waals surface area (Å²) in [5.41, 5.74) is 1.31. The fourth-order valence-corrected chi connectivity index (χ4v) is 4.68. The van der Waals surface area contributed by atoms with Crippen LogP contribution in [0.1, 0.15) is 52.8 Å². The lowest BCUT2D eigenvalue weighted by molar-refractivity contribution is 0.0512. The summed E-state index contributed by atoms with van der Waals surface area (Å²) in [6.07, 6.45) is 5.03. The first kappa shape index (κ1) is 22.0. The molecule has 1 saturated carbocycles. The number of Topliss-reactive ketones (excluding diaryl/α,β-unsaturated/α-hetero) is 1. The van der Waals surface area contributed by atoms with Gasteiger partial charge in [0.15, 0.2) is 0 Å². The van der Waals surface area contributed by atoms with Crippen LogP contribution in [0.2, 0.25) is 0 Å². The van der Waals surface area contributed by atoms with E-state index >= 15 is 0 Å². The van der Waals surface area contributed by atoms with E-state index in [-0.39, 0.29) is 11.7 Å². The fraction of sp³-hybridized carbons (Fsp3) is 0.222. The summed E-state index contributed by atoms with van der Waals surface area (Å²) < 4.78 is 0. The van der Waals surface area contributed by atoms with Gasteiger partial charge in [-0.3, -0.25) is 4.79 Å². The van der Waals surface area contributed by atoms with Gasteiger partial charge in [-0.1, -0.05) is 72.6 Å². The Morgan fingerprint density at radius 2 is 1.31 bits per heavy atom. The third-order valence-electron chi connectivity index (χ3n) is 5.56. The third-order valence-corrected chi connectivity index (χ3v) is 6.57. The summed E-state index contributed by atoms with van der Waals surface area (Å²) >= 11 is 1.65. The van der Waals surface area contributed by atoms with Gasteiger partial charge in [-0.15, -0.1) is 0 Å². The lowest BCUT2D eigenvalue weighted by Crippen LogP contribution is -2.27. The maximum absolute atomic E-state index is 13.3. The molecule has 0 heterocycles. The van der Waals surface area contributed by atoms with Crippen molar-refractivity contribution in [2.45, 2.75) is 41.9 Å². The van der Waals surface area contributed by atoms with Crippen LogP contribution in [0.3, 0.4) is 0 Å². The average molecular weight is 444 g/mol. The average Bonchev–Trinajstić information content (AvgIpc) is 2.86. The van der Waals surface area contributed by atoms with Crippen LogP contribution in [0.25, 0.3) is 0 Å². The van der Waals surface area contributed by atoms with Gasteiger partial charge in [-0.2, -0.15) is 0 Å². The first-order valence-electron chi connectivity index (χ1n) is 10.9. The van der Waals surface area contributed by atoms with Crippen molar-refractivity contribution in [3.63, 3.8) is 0 Å². The van der Waals surface area contributed by atoms with Crippen LogP contribution in [0.5, 0.6) is 0 Å². The molecule has 4 rings (SSSR count). The topological polar surface area (TPSA) is 55.7 Å². The van der Waals surface area contributed by atoms with E-state index in [2.05, 4.69) is 17.3 Å². The van der Waals surface area contributed by atoms with Gasteiger partial charge in [0.25, 0.3) is 0 Å². The summed E-state index contributed by atoms with van der Waals surface area (Å²) in [5.74, 6) is -0.714. The third kappa shape index (κ3) is 5.74. The van der Waals surface area contributed by atoms with Crippen molar-refractivity contribution in [3.05, 3.63) is 96.1 Å². The van der Waals surface area contributed by atoms with Crippen molar-refractivity contribution < 1.29 is 14.4 Å². The van der Waals surface area contributed by atoms with E-state index < -0.39 is 5.97 Å². The zero-order chi connectivity index (χ0) is 22.2. The number of hydrogen-bond acceptors (Lipinski definition) is 5. The van der Waals surface area contributed by atoms with Gasteiger partial charge in [-0.05, 0) is 61.4 Å². The molecule has 162 valence electrons. The molecule has 0 aromatic heterocycles. The molecule has 0 bridgehead atoms. The predicted molar refractivity (Wildman–Crippen MR) is 127 cm³/mol. The SMILES string of the molecule is O=C(O/N=C(/C(=O)c1ccc(Sc2ccccc2)cc1)C1CCCCC1)c1ccccc1. The Bertz CT molecular complexity index is 1070. The standard InChI is InChI=1S/C27H25NO3S/c29-26(21-16-18-24(19-17-21)32-23-14-8-3-9-15-23)25(20-10-4-1-5-11-20)28-31-27(30)22-12-6-2-7-13-22/h2-3,6-9,12-20H,1,4-5,10-11H2/b28-25+. The summed E-state index contributed by atoms with van der Waals surface area (Å²) in [4.78, 5) is 33.1. The molecule has 3 aromatic rings. The van der Waals surface area contributed by atoms with Crippen molar-refractivity contribution in [3.8, 4) is 0 Å². The summed E-state index contributed by atoms with van der Waals surface area (Å²) in [6.45, 7) is 0. The molecular weight excluding hydrogens is 418 g/mol. The molecule has 0 amide bonds. The lowest BCUT2D eigenvalue weighted by Gasteiger charge is -2.22. The maximum atomic E-state index is 13.3. The Kier molecular flexibility index (Phi) is 7.51. The van der Waals surface area contributed by atoms with E-state index in [1.165, 1.54) is 0 Å². The summed E-state index contributed by atoms with van der Waals surface area (Å²) in [7, 11) is 0. The molecule has 32 heavy (non-hydrogen) atoms. The Balaban J connectivity index is 1.52. The fourth-order valence-electron chi connectivity index (χ4n) is 3.84. The molecule has 1 aliphatic rings. The van der Waals surface area contributed by atoms with Crippen LogP contribution in [-0.4, -0.2) is 17.5 Å². The largest absolute Gasteiger partial charge is 0.365 e. The number of benzene rings is 3. The molecule has 0 spiro atoms. The van der Waals surface area contributed by atoms with E-state index in [1.807, 2.05) is 48.5 Å². The van der Waals surface area contributed by atoms with Gasteiger partial charge in [0.05, 0.1) is 5.56 Å². The van der Waals surface area contributed by atoms with Crippen molar-refractivity contribution in [1.82, 2.24) is 0 Å². The molecule has 0 aliphatic heterocycles. The minimum absolute atomic E-state index is 0.0122. The van der Waals surface area contributed by atoms with Crippen molar-refractivity contribution in [2.24, 2.45) is 11.1 Å². The van der Waals surface area contributed by atoms with Crippen molar-refractivity contribution in [2.75, 3.05) is 0 Å².